The van der Waals surface area contributed by atoms with Crippen molar-refractivity contribution in [2.45, 2.75) is 13.0 Å². The SMILES string of the molecule is Cn1cc(CN2CC(C(=O)O)Cc3ccccc32)cn1. The largest absolute Gasteiger partial charge is 0.481 e. The zero-order chi connectivity index (χ0) is 14.1. The molecule has 1 aliphatic rings. The Balaban J connectivity index is 1.90. The molecule has 0 fully saturated rings. The standard InChI is InChI=1S/C15H17N3O2/c1-17-8-11(7-16-17)9-18-10-13(15(19)20)6-12-4-2-3-5-14(12)18/h2-5,7-8,13H,6,9-10H2,1H3,(H,19,20). The molecule has 5 nitrogen and oxygen atoms in total. The molecule has 0 bridgehead atoms. The second kappa shape index (κ2) is 5.00. The van der Waals surface area contributed by atoms with E-state index in [0.29, 0.717) is 19.5 Å². The number of para-hydroxylation sites is 1. The van der Waals surface area contributed by atoms with E-state index in [9.17, 15) is 9.90 Å². The molecule has 1 N–H and O–H groups in total. The van der Waals surface area contributed by atoms with Gasteiger partial charge in [-0.3, -0.25) is 9.48 Å². The van der Waals surface area contributed by atoms with Gasteiger partial charge in [0.05, 0.1) is 12.1 Å². The number of nitrogens with zero attached hydrogens (tertiary/aromatic N) is 3. The number of carbonyl (C=O) groups is 1. The maximum absolute atomic E-state index is 11.3. The van der Waals surface area contributed by atoms with Crippen LogP contribution in [0.2, 0.25) is 0 Å². The lowest BCUT2D eigenvalue weighted by molar-refractivity contribution is -0.141. The zero-order valence-corrected chi connectivity index (χ0v) is 11.4. The van der Waals surface area contributed by atoms with Crippen molar-refractivity contribution in [1.29, 1.82) is 0 Å². The number of carboxylic acids is 1. The van der Waals surface area contributed by atoms with Crippen LogP contribution in [0.4, 0.5) is 5.69 Å². The van der Waals surface area contributed by atoms with Crippen LogP contribution in [0, 0.1) is 5.92 Å². The summed E-state index contributed by atoms with van der Waals surface area (Å²) in [7, 11) is 1.88. The van der Waals surface area contributed by atoms with E-state index in [4.69, 9.17) is 0 Å². The second-order valence-corrected chi connectivity index (χ2v) is 5.27. The fourth-order valence-corrected chi connectivity index (χ4v) is 2.78. The first-order valence-corrected chi connectivity index (χ1v) is 6.66. The number of aliphatic carboxylic acids is 1. The van der Waals surface area contributed by atoms with Gasteiger partial charge in [0, 0.05) is 37.6 Å². The van der Waals surface area contributed by atoms with Crippen molar-refractivity contribution < 1.29 is 9.90 Å². The van der Waals surface area contributed by atoms with Crippen molar-refractivity contribution in [2.24, 2.45) is 13.0 Å². The van der Waals surface area contributed by atoms with Crippen LogP contribution < -0.4 is 4.90 Å². The first kappa shape index (κ1) is 12.7. The highest BCUT2D eigenvalue weighted by atomic mass is 16.4. The molecule has 20 heavy (non-hydrogen) atoms. The van der Waals surface area contributed by atoms with Gasteiger partial charge in [0.1, 0.15) is 0 Å². The monoisotopic (exact) mass is 271 g/mol. The average Bonchev–Trinajstić information content (AvgIpc) is 2.84. The molecule has 1 aliphatic heterocycles. The molecule has 3 rings (SSSR count). The number of fused-ring (bicyclic) bond motifs is 1. The molecular weight excluding hydrogens is 254 g/mol. The Morgan fingerprint density at radius 2 is 2.25 bits per heavy atom. The van der Waals surface area contributed by atoms with E-state index >= 15 is 0 Å². The van der Waals surface area contributed by atoms with Gasteiger partial charge in [-0.15, -0.1) is 0 Å². The highest BCUT2D eigenvalue weighted by Crippen LogP contribution is 2.30. The van der Waals surface area contributed by atoms with Crippen molar-refractivity contribution in [2.75, 3.05) is 11.4 Å². The summed E-state index contributed by atoms with van der Waals surface area (Å²) < 4.78 is 1.76. The molecule has 0 saturated heterocycles. The van der Waals surface area contributed by atoms with Gasteiger partial charge in [-0.1, -0.05) is 18.2 Å². The van der Waals surface area contributed by atoms with E-state index in [1.165, 1.54) is 0 Å². The number of aromatic nitrogens is 2. The number of rotatable bonds is 3. The van der Waals surface area contributed by atoms with Crippen LogP contribution in [0.1, 0.15) is 11.1 Å². The molecule has 0 radical (unpaired) electrons. The topological polar surface area (TPSA) is 58.4 Å². The molecule has 104 valence electrons. The van der Waals surface area contributed by atoms with Gasteiger partial charge in [-0.2, -0.15) is 5.10 Å². The normalized spacial score (nSPS) is 17.9. The molecule has 1 aromatic heterocycles. The van der Waals surface area contributed by atoms with Gasteiger partial charge in [-0.05, 0) is 18.1 Å². The molecule has 1 unspecified atom stereocenters. The molecule has 1 aromatic carbocycles. The van der Waals surface area contributed by atoms with Crippen LogP contribution >= 0.6 is 0 Å². The van der Waals surface area contributed by atoms with Crippen molar-refractivity contribution in [3.05, 3.63) is 47.8 Å². The number of carboxylic acid groups (broad SMARTS) is 1. The third-order valence-electron chi connectivity index (χ3n) is 3.72. The van der Waals surface area contributed by atoms with Gasteiger partial charge < -0.3 is 10.0 Å². The Morgan fingerprint density at radius 1 is 1.45 bits per heavy atom. The minimum Gasteiger partial charge on any atom is -0.481 e. The first-order valence-electron chi connectivity index (χ1n) is 6.66. The smallest absolute Gasteiger partial charge is 0.308 e. The highest BCUT2D eigenvalue weighted by molar-refractivity contribution is 5.73. The zero-order valence-electron chi connectivity index (χ0n) is 11.4. The van der Waals surface area contributed by atoms with Crippen molar-refractivity contribution in [3.63, 3.8) is 0 Å². The lowest BCUT2D eigenvalue weighted by Crippen LogP contribution is -2.38. The first-order chi connectivity index (χ1) is 9.63. The van der Waals surface area contributed by atoms with Gasteiger partial charge in [0.15, 0.2) is 0 Å². The molecule has 0 saturated carbocycles. The lowest BCUT2D eigenvalue weighted by Gasteiger charge is -2.34. The summed E-state index contributed by atoms with van der Waals surface area (Å²) in [6, 6.07) is 8.03. The van der Waals surface area contributed by atoms with Crippen molar-refractivity contribution in [1.82, 2.24) is 9.78 Å². The molecule has 1 atom stereocenters. The summed E-state index contributed by atoms with van der Waals surface area (Å²) >= 11 is 0. The Kier molecular flexibility index (Phi) is 3.18. The van der Waals surface area contributed by atoms with Gasteiger partial charge in [0.2, 0.25) is 0 Å². The van der Waals surface area contributed by atoms with Crippen LogP contribution in [-0.4, -0.2) is 27.4 Å². The second-order valence-electron chi connectivity index (χ2n) is 5.27. The average molecular weight is 271 g/mol. The highest BCUT2D eigenvalue weighted by Gasteiger charge is 2.28. The summed E-state index contributed by atoms with van der Waals surface area (Å²) in [6.07, 6.45) is 4.40. The van der Waals surface area contributed by atoms with E-state index in [2.05, 4.69) is 16.1 Å². The molecule has 0 spiro atoms. The molecule has 5 heteroatoms. The van der Waals surface area contributed by atoms with Crippen LogP contribution in [0.15, 0.2) is 36.7 Å². The summed E-state index contributed by atoms with van der Waals surface area (Å²) in [5.41, 5.74) is 3.33. The lowest BCUT2D eigenvalue weighted by atomic mass is 9.92. The molecular formula is C15H17N3O2. The van der Waals surface area contributed by atoms with Gasteiger partial charge in [-0.25, -0.2) is 0 Å². The van der Waals surface area contributed by atoms with E-state index in [0.717, 1.165) is 16.8 Å². The van der Waals surface area contributed by atoms with Crippen LogP contribution in [0.3, 0.4) is 0 Å². The summed E-state index contributed by atoms with van der Waals surface area (Å²) in [4.78, 5) is 13.5. The maximum Gasteiger partial charge on any atom is 0.308 e. The van der Waals surface area contributed by atoms with Gasteiger partial charge in [0.25, 0.3) is 0 Å². The number of anilines is 1. The predicted molar refractivity (Wildman–Crippen MR) is 75.5 cm³/mol. The molecule has 0 amide bonds. The number of hydrogen-bond donors (Lipinski definition) is 1. The van der Waals surface area contributed by atoms with Crippen molar-refractivity contribution in [3.8, 4) is 0 Å². The molecule has 0 aliphatic carbocycles. The van der Waals surface area contributed by atoms with Crippen molar-refractivity contribution >= 4 is 11.7 Å². The quantitative estimate of drug-likeness (QED) is 0.923. The summed E-state index contributed by atoms with van der Waals surface area (Å²) in [6.45, 7) is 1.23. The minimum atomic E-state index is -0.726. The fourth-order valence-electron chi connectivity index (χ4n) is 2.78. The van der Waals surface area contributed by atoms with Crippen LogP contribution in [0.25, 0.3) is 0 Å². The Morgan fingerprint density at radius 3 is 2.95 bits per heavy atom. The van der Waals surface area contributed by atoms with E-state index in [-0.39, 0.29) is 5.92 Å². The fraction of sp³-hybridized carbons (Fsp3) is 0.333. The van der Waals surface area contributed by atoms with E-state index in [1.807, 2.05) is 37.6 Å². The Bertz CT molecular complexity index is 636. The van der Waals surface area contributed by atoms with Crippen LogP contribution in [0.5, 0.6) is 0 Å². The van der Waals surface area contributed by atoms with E-state index < -0.39 is 5.97 Å². The van der Waals surface area contributed by atoms with Gasteiger partial charge >= 0.3 is 5.97 Å². The molecule has 2 aromatic rings. The third-order valence-corrected chi connectivity index (χ3v) is 3.72. The van der Waals surface area contributed by atoms with Crippen LogP contribution in [-0.2, 0) is 24.8 Å². The summed E-state index contributed by atoms with van der Waals surface area (Å²) in [5, 5.41) is 13.5. The predicted octanol–water partition coefficient (Wildman–Crippen LogP) is 1.68. The number of benzene rings is 1. The number of hydrogen-bond acceptors (Lipinski definition) is 3. The maximum atomic E-state index is 11.3. The number of aryl methyl sites for hydroxylation is 1. The Hall–Kier alpha value is -2.30. The summed E-state index contributed by atoms with van der Waals surface area (Å²) in [5.74, 6) is -1.07. The third kappa shape index (κ3) is 2.39. The Labute approximate surface area is 117 Å². The van der Waals surface area contributed by atoms with E-state index in [1.54, 1.807) is 4.68 Å². The minimum absolute atomic E-state index is 0.346. The molecule has 2 heterocycles.